The predicted octanol–water partition coefficient (Wildman–Crippen LogP) is 2.18. The maximum atomic E-state index is 12.1. The maximum Gasteiger partial charge on any atom is 0.214 e. The zero-order chi connectivity index (χ0) is 14.1. The van der Waals surface area contributed by atoms with Crippen LogP contribution in [0.2, 0.25) is 0 Å². The van der Waals surface area contributed by atoms with E-state index in [9.17, 15) is 8.42 Å². The van der Waals surface area contributed by atoms with Crippen molar-refractivity contribution in [2.24, 2.45) is 0 Å². The standard InChI is InChI=1S/C14H20N2O2S/c1-2-16(12-7-11-15)19(17,18)13-6-10-14-8-4-3-5-9-14/h3-5,8-9H,2,6-7,10,12-13H2,1H3. The van der Waals surface area contributed by atoms with Crippen LogP contribution in [0.5, 0.6) is 0 Å². The van der Waals surface area contributed by atoms with Crippen molar-refractivity contribution >= 4 is 10.0 Å². The molecule has 0 aromatic heterocycles. The first-order valence-electron chi connectivity index (χ1n) is 6.49. The molecule has 4 nitrogen and oxygen atoms in total. The van der Waals surface area contributed by atoms with Crippen LogP contribution >= 0.6 is 0 Å². The fraction of sp³-hybridized carbons (Fsp3) is 0.500. The smallest absolute Gasteiger partial charge is 0.212 e. The summed E-state index contributed by atoms with van der Waals surface area (Å²) in [6.07, 6.45) is 1.61. The first kappa shape index (κ1) is 15.7. The van der Waals surface area contributed by atoms with Crippen molar-refractivity contribution in [3.8, 4) is 6.07 Å². The summed E-state index contributed by atoms with van der Waals surface area (Å²) in [7, 11) is -3.23. The highest BCUT2D eigenvalue weighted by Gasteiger charge is 2.19. The van der Waals surface area contributed by atoms with Crippen LogP contribution in [0, 0.1) is 11.3 Å². The lowest BCUT2D eigenvalue weighted by molar-refractivity contribution is 0.434. The van der Waals surface area contributed by atoms with Crippen molar-refractivity contribution < 1.29 is 8.42 Å². The number of aryl methyl sites for hydroxylation is 1. The Morgan fingerprint density at radius 2 is 1.95 bits per heavy atom. The first-order valence-corrected chi connectivity index (χ1v) is 8.09. The van der Waals surface area contributed by atoms with Crippen LogP contribution in [0.25, 0.3) is 0 Å². The van der Waals surface area contributed by atoms with Crippen LogP contribution in [0.3, 0.4) is 0 Å². The fourth-order valence-electron chi connectivity index (χ4n) is 1.90. The Labute approximate surface area is 115 Å². The van der Waals surface area contributed by atoms with Gasteiger partial charge in [0.15, 0.2) is 0 Å². The summed E-state index contributed by atoms with van der Waals surface area (Å²) < 4.78 is 25.5. The van der Waals surface area contributed by atoms with Crippen LogP contribution < -0.4 is 0 Å². The molecule has 104 valence electrons. The van der Waals surface area contributed by atoms with Gasteiger partial charge in [0, 0.05) is 19.5 Å². The molecule has 0 atom stereocenters. The lowest BCUT2D eigenvalue weighted by Crippen LogP contribution is -2.33. The lowest BCUT2D eigenvalue weighted by atomic mass is 10.1. The molecule has 0 aliphatic rings. The number of nitrogens with zero attached hydrogens (tertiary/aromatic N) is 2. The highest BCUT2D eigenvalue weighted by atomic mass is 32.2. The molecule has 0 saturated heterocycles. The molecule has 0 heterocycles. The normalized spacial score (nSPS) is 11.4. The number of rotatable bonds is 8. The summed E-state index contributed by atoms with van der Waals surface area (Å²) in [5.74, 6) is 0.140. The van der Waals surface area contributed by atoms with Gasteiger partial charge in [-0.05, 0) is 18.4 Å². The molecule has 0 aliphatic carbocycles. The molecule has 1 aromatic rings. The van der Waals surface area contributed by atoms with E-state index in [0.29, 0.717) is 19.5 Å². The number of hydrogen-bond donors (Lipinski definition) is 0. The van der Waals surface area contributed by atoms with E-state index in [2.05, 4.69) is 0 Å². The minimum Gasteiger partial charge on any atom is -0.212 e. The van der Waals surface area contributed by atoms with E-state index in [1.165, 1.54) is 4.31 Å². The molecule has 0 unspecified atom stereocenters. The summed E-state index contributed by atoms with van der Waals surface area (Å²) in [4.78, 5) is 0. The maximum absolute atomic E-state index is 12.1. The molecular weight excluding hydrogens is 260 g/mol. The van der Waals surface area contributed by atoms with Gasteiger partial charge in [-0.25, -0.2) is 12.7 Å². The van der Waals surface area contributed by atoms with Gasteiger partial charge >= 0.3 is 0 Å². The summed E-state index contributed by atoms with van der Waals surface area (Å²) in [6, 6.07) is 11.8. The van der Waals surface area contributed by atoms with E-state index in [1.807, 2.05) is 36.4 Å². The van der Waals surface area contributed by atoms with Gasteiger partial charge in [-0.15, -0.1) is 0 Å². The van der Waals surface area contributed by atoms with Crippen molar-refractivity contribution in [2.45, 2.75) is 26.2 Å². The molecule has 0 N–H and O–H groups in total. The first-order chi connectivity index (χ1) is 9.10. The second-order valence-electron chi connectivity index (χ2n) is 4.30. The van der Waals surface area contributed by atoms with Crippen molar-refractivity contribution in [1.29, 1.82) is 5.26 Å². The van der Waals surface area contributed by atoms with E-state index in [1.54, 1.807) is 6.92 Å². The third kappa shape index (κ3) is 5.41. The topological polar surface area (TPSA) is 61.2 Å². The zero-order valence-electron chi connectivity index (χ0n) is 11.2. The predicted molar refractivity (Wildman–Crippen MR) is 76.0 cm³/mol. The van der Waals surface area contributed by atoms with Crippen LogP contribution in [0.1, 0.15) is 25.3 Å². The molecule has 0 fully saturated rings. The molecule has 0 bridgehead atoms. The highest BCUT2D eigenvalue weighted by molar-refractivity contribution is 7.89. The number of nitriles is 1. The molecule has 0 aliphatic heterocycles. The van der Waals surface area contributed by atoms with E-state index in [-0.39, 0.29) is 12.2 Å². The van der Waals surface area contributed by atoms with Gasteiger partial charge in [0.25, 0.3) is 0 Å². The molecule has 0 saturated carbocycles. The third-order valence-corrected chi connectivity index (χ3v) is 4.96. The van der Waals surface area contributed by atoms with Gasteiger partial charge in [0.05, 0.1) is 11.8 Å². The monoisotopic (exact) mass is 280 g/mol. The van der Waals surface area contributed by atoms with Gasteiger partial charge in [-0.2, -0.15) is 5.26 Å². The van der Waals surface area contributed by atoms with Gasteiger partial charge in [-0.3, -0.25) is 0 Å². The van der Waals surface area contributed by atoms with E-state index >= 15 is 0 Å². The van der Waals surface area contributed by atoms with Crippen molar-refractivity contribution in [1.82, 2.24) is 4.31 Å². The van der Waals surface area contributed by atoms with E-state index in [4.69, 9.17) is 5.26 Å². The summed E-state index contributed by atoms with van der Waals surface area (Å²) in [6.45, 7) is 2.52. The second-order valence-corrected chi connectivity index (χ2v) is 6.39. The van der Waals surface area contributed by atoms with Crippen LogP contribution in [0.15, 0.2) is 30.3 Å². The Balaban J connectivity index is 2.48. The summed E-state index contributed by atoms with van der Waals surface area (Å²) in [5.41, 5.74) is 1.15. The summed E-state index contributed by atoms with van der Waals surface area (Å²) >= 11 is 0. The Bertz CT molecular complexity index is 506. The minimum atomic E-state index is -3.23. The van der Waals surface area contributed by atoms with Crippen LogP contribution in [-0.4, -0.2) is 31.6 Å². The van der Waals surface area contributed by atoms with E-state index < -0.39 is 10.0 Å². The third-order valence-electron chi connectivity index (χ3n) is 2.93. The zero-order valence-corrected chi connectivity index (χ0v) is 12.1. The van der Waals surface area contributed by atoms with Crippen LogP contribution in [0.4, 0.5) is 0 Å². The molecule has 1 rings (SSSR count). The SMILES string of the molecule is CCN(CCC#N)S(=O)(=O)CCCc1ccccc1. The fourth-order valence-corrected chi connectivity index (χ4v) is 3.43. The molecule has 1 aromatic carbocycles. The van der Waals surface area contributed by atoms with Crippen molar-refractivity contribution in [3.63, 3.8) is 0 Å². The minimum absolute atomic E-state index is 0.140. The van der Waals surface area contributed by atoms with Crippen molar-refractivity contribution in [3.05, 3.63) is 35.9 Å². The molecule has 0 radical (unpaired) electrons. The number of benzene rings is 1. The van der Waals surface area contributed by atoms with Gasteiger partial charge in [0.2, 0.25) is 10.0 Å². The molecule has 5 heteroatoms. The molecule has 0 spiro atoms. The van der Waals surface area contributed by atoms with Crippen molar-refractivity contribution in [2.75, 3.05) is 18.8 Å². The molecular formula is C14H20N2O2S. The van der Waals surface area contributed by atoms with Gasteiger partial charge in [-0.1, -0.05) is 37.3 Å². The van der Waals surface area contributed by atoms with Gasteiger partial charge in [0.1, 0.15) is 0 Å². The average Bonchev–Trinajstić information content (AvgIpc) is 2.40. The quantitative estimate of drug-likeness (QED) is 0.733. The van der Waals surface area contributed by atoms with Crippen LogP contribution in [-0.2, 0) is 16.4 Å². The van der Waals surface area contributed by atoms with E-state index in [0.717, 1.165) is 12.0 Å². The lowest BCUT2D eigenvalue weighted by Gasteiger charge is -2.19. The Hall–Kier alpha value is -1.38. The molecule has 19 heavy (non-hydrogen) atoms. The highest BCUT2D eigenvalue weighted by Crippen LogP contribution is 2.08. The largest absolute Gasteiger partial charge is 0.214 e. The Kier molecular flexibility index (Phi) is 6.54. The average molecular weight is 280 g/mol. The number of sulfonamides is 1. The number of hydrogen-bond acceptors (Lipinski definition) is 3. The molecule has 0 amide bonds. The second kappa shape index (κ2) is 7.93. The summed E-state index contributed by atoms with van der Waals surface area (Å²) in [5, 5.41) is 8.53. The Morgan fingerprint density at radius 3 is 2.53 bits per heavy atom. The Morgan fingerprint density at radius 1 is 1.26 bits per heavy atom. The van der Waals surface area contributed by atoms with Gasteiger partial charge < -0.3 is 0 Å².